The third-order valence-corrected chi connectivity index (χ3v) is 4.66. The van der Waals surface area contributed by atoms with Crippen LogP contribution in [0.15, 0.2) is 18.2 Å². The molecule has 1 aliphatic carbocycles. The largest absolute Gasteiger partial charge is 0.389 e. The van der Waals surface area contributed by atoms with Gasteiger partial charge in [0.05, 0.1) is 11.0 Å². The van der Waals surface area contributed by atoms with Crippen molar-refractivity contribution in [2.24, 2.45) is 0 Å². The predicted octanol–water partition coefficient (Wildman–Crippen LogP) is 2.48. The van der Waals surface area contributed by atoms with Crippen molar-refractivity contribution < 1.29 is 14.3 Å². The van der Waals surface area contributed by atoms with Crippen LogP contribution in [0.1, 0.15) is 28.9 Å². The van der Waals surface area contributed by atoms with Crippen LogP contribution in [0.5, 0.6) is 0 Å². The van der Waals surface area contributed by atoms with E-state index >= 15 is 0 Å². The van der Waals surface area contributed by atoms with Crippen LogP contribution in [0.3, 0.4) is 0 Å². The van der Waals surface area contributed by atoms with Gasteiger partial charge in [0.2, 0.25) is 0 Å². The number of rotatable bonds is 4. The summed E-state index contributed by atoms with van der Waals surface area (Å²) in [5, 5.41) is 13.4. The molecule has 112 valence electrons. The molecule has 1 aliphatic rings. The van der Waals surface area contributed by atoms with Gasteiger partial charge in [0, 0.05) is 17.4 Å². The van der Waals surface area contributed by atoms with Crippen LogP contribution in [-0.4, -0.2) is 33.5 Å². The van der Waals surface area contributed by atoms with Gasteiger partial charge >= 0.3 is 0 Å². The van der Waals surface area contributed by atoms with Gasteiger partial charge in [-0.1, -0.05) is 0 Å². The molecule has 0 radical (unpaired) electrons. The Hall–Kier alpha value is -1.59. The third-order valence-electron chi connectivity index (χ3n) is 4.03. The lowest BCUT2D eigenvalue weighted by molar-refractivity contribution is 0.0904. The summed E-state index contributed by atoms with van der Waals surface area (Å²) in [6.07, 6.45) is 0.761. The fraction of sp³-hybridized carbons (Fsp3) is 0.400. The Morgan fingerprint density at radius 2 is 2.29 bits per heavy atom. The molecule has 4 nitrogen and oxygen atoms in total. The van der Waals surface area contributed by atoms with E-state index in [-0.39, 0.29) is 18.3 Å². The smallest absolute Gasteiger partial charge is 0.268 e. The van der Waals surface area contributed by atoms with E-state index < -0.39 is 11.0 Å². The van der Waals surface area contributed by atoms with Gasteiger partial charge in [-0.15, -0.1) is 11.6 Å². The second kappa shape index (κ2) is 5.00. The van der Waals surface area contributed by atoms with Crippen LogP contribution in [0, 0.1) is 12.7 Å². The number of aromatic nitrogens is 1. The molecule has 1 atom stereocenters. The number of alkyl halides is 1. The summed E-state index contributed by atoms with van der Waals surface area (Å²) < 4.78 is 13.2. The Morgan fingerprint density at radius 1 is 1.57 bits per heavy atom. The predicted molar refractivity (Wildman–Crippen MR) is 79.2 cm³/mol. The molecule has 0 bridgehead atoms. The molecular weight excluding hydrogens is 295 g/mol. The minimum Gasteiger partial charge on any atom is -0.389 e. The summed E-state index contributed by atoms with van der Waals surface area (Å²) in [6, 6.07) is 4.35. The zero-order chi connectivity index (χ0) is 15.2. The highest BCUT2D eigenvalue weighted by Gasteiger charge is 2.47. The van der Waals surface area contributed by atoms with Crippen molar-refractivity contribution in [3.05, 3.63) is 35.3 Å². The number of aromatic amines is 1. The minimum absolute atomic E-state index is 0.103. The van der Waals surface area contributed by atoms with Crippen LogP contribution in [0.25, 0.3) is 10.9 Å². The number of halogens is 2. The summed E-state index contributed by atoms with van der Waals surface area (Å²) in [6.45, 7) is 1.90. The molecule has 1 fully saturated rings. The van der Waals surface area contributed by atoms with Crippen LogP contribution in [-0.2, 0) is 0 Å². The van der Waals surface area contributed by atoms with E-state index in [0.717, 1.165) is 23.8 Å². The monoisotopic (exact) mass is 310 g/mol. The normalized spacial score (nSPS) is 17.7. The van der Waals surface area contributed by atoms with Crippen molar-refractivity contribution in [2.45, 2.75) is 30.7 Å². The summed E-state index contributed by atoms with van der Waals surface area (Å²) in [5.41, 5.74) is 1.71. The number of hydrogen-bond donors (Lipinski definition) is 3. The van der Waals surface area contributed by atoms with E-state index in [2.05, 4.69) is 10.3 Å². The molecule has 1 amide bonds. The van der Waals surface area contributed by atoms with E-state index in [1.165, 1.54) is 12.1 Å². The number of aryl methyl sites for hydroxylation is 1. The standard InChI is InChI=1S/C15H16ClFN2O2/c1-8-10-3-2-9(17)6-11(10)19-13(8)14(21)18-7-12(20)15(16)4-5-15/h2-3,6,12,19-20H,4-5,7H2,1H3,(H,18,21). The Labute approximate surface area is 126 Å². The number of hydrogen-bond acceptors (Lipinski definition) is 2. The summed E-state index contributed by atoms with van der Waals surface area (Å²) >= 11 is 6.09. The molecule has 3 rings (SSSR count). The molecule has 0 saturated heterocycles. The molecule has 1 aromatic heterocycles. The van der Waals surface area contributed by atoms with E-state index in [1.807, 2.05) is 0 Å². The summed E-state index contributed by atoms with van der Waals surface area (Å²) in [4.78, 5) is 14.5. The molecule has 1 saturated carbocycles. The van der Waals surface area contributed by atoms with Crippen LogP contribution < -0.4 is 5.32 Å². The van der Waals surface area contributed by atoms with Gasteiger partial charge in [-0.2, -0.15) is 0 Å². The topological polar surface area (TPSA) is 65.1 Å². The molecule has 0 aliphatic heterocycles. The van der Waals surface area contributed by atoms with Gasteiger partial charge in [0.25, 0.3) is 5.91 Å². The highest BCUT2D eigenvalue weighted by Crippen LogP contribution is 2.45. The fourth-order valence-electron chi connectivity index (χ4n) is 2.45. The highest BCUT2D eigenvalue weighted by molar-refractivity contribution is 6.26. The fourth-order valence-corrected chi connectivity index (χ4v) is 2.62. The lowest BCUT2D eigenvalue weighted by Gasteiger charge is -2.15. The average Bonchev–Trinajstić information content (AvgIpc) is 3.12. The molecule has 1 heterocycles. The van der Waals surface area contributed by atoms with Gasteiger partial charge in [-0.3, -0.25) is 4.79 Å². The third kappa shape index (κ3) is 2.63. The summed E-state index contributed by atoms with van der Waals surface area (Å²) in [7, 11) is 0. The van der Waals surface area contributed by atoms with E-state index in [4.69, 9.17) is 11.6 Å². The van der Waals surface area contributed by atoms with Gasteiger partial charge in [0.1, 0.15) is 11.5 Å². The van der Waals surface area contributed by atoms with E-state index in [1.54, 1.807) is 13.0 Å². The number of amides is 1. The zero-order valence-electron chi connectivity index (χ0n) is 11.5. The van der Waals surface area contributed by atoms with E-state index in [9.17, 15) is 14.3 Å². The Morgan fingerprint density at radius 3 is 2.95 bits per heavy atom. The maximum atomic E-state index is 13.2. The second-order valence-corrected chi connectivity index (χ2v) is 6.33. The van der Waals surface area contributed by atoms with Crippen LogP contribution >= 0.6 is 11.6 Å². The number of aliphatic hydroxyl groups is 1. The first kappa shape index (κ1) is 14.4. The molecular formula is C15H16ClFN2O2. The lowest BCUT2D eigenvalue weighted by Crippen LogP contribution is -2.38. The Balaban J connectivity index is 1.76. The van der Waals surface area contributed by atoms with Crippen LogP contribution in [0.4, 0.5) is 4.39 Å². The molecule has 21 heavy (non-hydrogen) atoms. The molecule has 6 heteroatoms. The Kier molecular flexibility index (Phi) is 3.42. The second-order valence-electron chi connectivity index (χ2n) is 5.58. The lowest BCUT2D eigenvalue weighted by atomic mass is 10.1. The van der Waals surface area contributed by atoms with Gasteiger partial charge in [-0.25, -0.2) is 4.39 Å². The average molecular weight is 311 g/mol. The zero-order valence-corrected chi connectivity index (χ0v) is 12.3. The number of carbonyl (C=O) groups excluding carboxylic acids is 1. The van der Waals surface area contributed by atoms with Crippen molar-refractivity contribution in [1.29, 1.82) is 0 Å². The number of H-pyrrole nitrogens is 1. The number of carbonyl (C=O) groups is 1. The van der Waals surface area contributed by atoms with Crippen molar-refractivity contribution in [1.82, 2.24) is 10.3 Å². The first-order valence-corrected chi connectivity index (χ1v) is 7.21. The molecule has 0 spiro atoms. The first-order valence-electron chi connectivity index (χ1n) is 6.84. The number of benzene rings is 1. The number of nitrogens with one attached hydrogen (secondary N) is 2. The molecule has 3 N–H and O–H groups in total. The van der Waals surface area contributed by atoms with Crippen molar-refractivity contribution in [2.75, 3.05) is 6.54 Å². The van der Waals surface area contributed by atoms with Crippen molar-refractivity contribution in [3.8, 4) is 0 Å². The van der Waals surface area contributed by atoms with E-state index in [0.29, 0.717) is 11.2 Å². The quantitative estimate of drug-likeness (QED) is 0.760. The number of aliphatic hydroxyl groups excluding tert-OH is 1. The Bertz CT molecular complexity index is 709. The minimum atomic E-state index is -0.759. The maximum absolute atomic E-state index is 13.2. The molecule has 2 aromatic rings. The van der Waals surface area contributed by atoms with Crippen molar-refractivity contribution >= 4 is 28.4 Å². The van der Waals surface area contributed by atoms with Gasteiger partial charge in [-0.05, 0) is 43.5 Å². The highest BCUT2D eigenvalue weighted by atomic mass is 35.5. The van der Waals surface area contributed by atoms with Gasteiger partial charge < -0.3 is 15.4 Å². The van der Waals surface area contributed by atoms with Crippen LogP contribution in [0.2, 0.25) is 0 Å². The molecule has 1 unspecified atom stereocenters. The number of fused-ring (bicyclic) bond motifs is 1. The first-order chi connectivity index (χ1) is 9.90. The SMILES string of the molecule is Cc1c(C(=O)NCC(O)C2(Cl)CC2)[nH]c2cc(F)ccc12. The summed E-state index contributed by atoms with van der Waals surface area (Å²) in [5.74, 6) is -0.687. The van der Waals surface area contributed by atoms with Gasteiger partial charge in [0.15, 0.2) is 0 Å². The van der Waals surface area contributed by atoms with Crippen molar-refractivity contribution in [3.63, 3.8) is 0 Å². The maximum Gasteiger partial charge on any atom is 0.268 e. The molecule has 1 aromatic carbocycles.